The number of allylic oxidation sites excluding steroid dienone is 2. The van der Waals surface area contributed by atoms with Crippen molar-refractivity contribution < 1.29 is 19.1 Å². The fourth-order valence-corrected chi connectivity index (χ4v) is 4.58. The average Bonchev–Trinajstić information content (AvgIpc) is 2.72. The van der Waals surface area contributed by atoms with Gasteiger partial charge in [0.25, 0.3) is 0 Å². The van der Waals surface area contributed by atoms with Crippen molar-refractivity contribution in [2.24, 2.45) is 0 Å². The Morgan fingerprint density at radius 3 is 2.41 bits per heavy atom. The van der Waals surface area contributed by atoms with Gasteiger partial charge in [-0.15, -0.1) is 0 Å². The maximum Gasteiger partial charge on any atom is 0.225 e. The van der Waals surface area contributed by atoms with Crippen LogP contribution in [0.3, 0.4) is 0 Å². The van der Waals surface area contributed by atoms with Gasteiger partial charge in [-0.2, -0.15) is 0 Å². The zero-order chi connectivity index (χ0) is 20.5. The highest BCUT2D eigenvalue weighted by Gasteiger charge is 2.38. The zero-order valence-corrected chi connectivity index (χ0v) is 17.9. The van der Waals surface area contributed by atoms with E-state index in [1.165, 1.54) is 0 Å². The molecule has 2 atom stereocenters. The van der Waals surface area contributed by atoms with Crippen LogP contribution >= 0.6 is 15.9 Å². The monoisotopic (exact) mass is 455 g/mol. The summed E-state index contributed by atoms with van der Waals surface area (Å²) in [5.41, 5.74) is 3.39. The highest BCUT2D eigenvalue weighted by Crippen LogP contribution is 2.45. The van der Waals surface area contributed by atoms with E-state index in [1.54, 1.807) is 14.2 Å². The highest BCUT2D eigenvalue weighted by molar-refractivity contribution is 9.10. The molecule has 0 aromatic heterocycles. The first-order chi connectivity index (χ1) is 14.0. The number of Topliss-reactive ketones (excluding diaryl/α,β-unsaturated/α-hetero) is 1. The van der Waals surface area contributed by atoms with Gasteiger partial charge >= 0.3 is 0 Å². The molecule has 5 nitrogen and oxygen atoms in total. The smallest absolute Gasteiger partial charge is 0.225 e. The lowest BCUT2D eigenvalue weighted by molar-refractivity contribution is -0.122. The van der Waals surface area contributed by atoms with Crippen molar-refractivity contribution in [3.63, 3.8) is 0 Å². The van der Waals surface area contributed by atoms with Crippen LogP contribution in [0.1, 0.15) is 42.2 Å². The van der Waals surface area contributed by atoms with Gasteiger partial charge in [0.05, 0.1) is 14.2 Å². The zero-order valence-electron chi connectivity index (χ0n) is 16.3. The number of hydrogen-bond acceptors (Lipinski definition) is 4. The number of hydrogen-bond donors (Lipinski definition) is 1. The third-order valence-corrected chi connectivity index (χ3v) is 6.21. The Hall–Kier alpha value is -2.60. The Morgan fingerprint density at radius 1 is 0.966 bits per heavy atom. The number of ether oxygens (including phenoxy) is 2. The molecule has 2 aliphatic rings. The third kappa shape index (κ3) is 3.81. The third-order valence-electron chi connectivity index (χ3n) is 5.69. The van der Waals surface area contributed by atoms with Crippen LogP contribution in [-0.2, 0) is 9.59 Å². The molecule has 0 spiro atoms. The van der Waals surface area contributed by atoms with Crippen molar-refractivity contribution in [2.45, 2.75) is 31.1 Å². The van der Waals surface area contributed by atoms with Crippen molar-refractivity contribution in [1.82, 2.24) is 5.32 Å². The molecule has 0 radical (unpaired) electrons. The fourth-order valence-electron chi connectivity index (χ4n) is 4.32. The molecule has 29 heavy (non-hydrogen) atoms. The summed E-state index contributed by atoms with van der Waals surface area (Å²) in [6, 6.07) is 13.4. The van der Waals surface area contributed by atoms with Gasteiger partial charge < -0.3 is 14.8 Å². The van der Waals surface area contributed by atoms with Crippen LogP contribution in [0.2, 0.25) is 0 Å². The van der Waals surface area contributed by atoms with Crippen molar-refractivity contribution in [2.75, 3.05) is 14.2 Å². The minimum Gasteiger partial charge on any atom is -0.497 e. The second kappa shape index (κ2) is 8.03. The van der Waals surface area contributed by atoms with E-state index < -0.39 is 0 Å². The number of ketones is 1. The van der Waals surface area contributed by atoms with E-state index in [2.05, 4.69) is 21.2 Å². The fraction of sp³-hybridized carbons (Fsp3) is 0.304. The minimum atomic E-state index is -0.201. The number of benzene rings is 2. The molecule has 4 rings (SSSR count). The number of methoxy groups -OCH3 is 2. The van der Waals surface area contributed by atoms with Crippen LogP contribution in [0.15, 0.2) is 58.2 Å². The van der Waals surface area contributed by atoms with Gasteiger partial charge in [0.2, 0.25) is 5.91 Å². The Labute approximate surface area is 178 Å². The molecule has 0 bridgehead atoms. The van der Waals surface area contributed by atoms with Gasteiger partial charge in [0, 0.05) is 46.0 Å². The van der Waals surface area contributed by atoms with Gasteiger partial charge in [-0.25, -0.2) is 0 Å². The molecule has 0 unspecified atom stereocenters. The van der Waals surface area contributed by atoms with Crippen LogP contribution in [0.5, 0.6) is 11.5 Å². The van der Waals surface area contributed by atoms with Crippen LogP contribution in [0, 0.1) is 0 Å². The molecule has 1 aliphatic heterocycles. The van der Waals surface area contributed by atoms with Crippen LogP contribution in [0.25, 0.3) is 0 Å². The Balaban J connectivity index is 1.72. The molecule has 0 saturated carbocycles. The van der Waals surface area contributed by atoms with E-state index in [0.29, 0.717) is 25.0 Å². The predicted molar refractivity (Wildman–Crippen MR) is 113 cm³/mol. The van der Waals surface area contributed by atoms with E-state index >= 15 is 0 Å². The largest absolute Gasteiger partial charge is 0.497 e. The molecule has 1 amide bonds. The van der Waals surface area contributed by atoms with Gasteiger partial charge in [-0.3, -0.25) is 9.59 Å². The Morgan fingerprint density at radius 2 is 1.72 bits per heavy atom. The van der Waals surface area contributed by atoms with E-state index in [-0.39, 0.29) is 23.5 Å². The summed E-state index contributed by atoms with van der Waals surface area (Å²) in [5, 5.41) is 2.96. The standard InChI is InChI=1S/C23H22BrNO4/c1-28-16-7-8-21(29-2)17(11-16)14-9-19-23(20(26)10-14)18(12-22(27)25-19)13-3-5-15(24)6-4-13/h3-8,11,14,18H,9-10,12H2,1-2H3,(H,25,27)/t14-,18-/m0/s1. The maximum atomic E-state index is 13.2. The lowest BCUT2D eigenvalue weighted by atomic mass is 9.73. The molecule has 1 N–H and O–H groups in total. The molecular weight excluding hydrogens is 434 g/mol. The molecule has 150 valence electrons. The molecule has 0 saturated heterocycles. The predicted octanol–water partition coefficient (Wildman–Crippen LogP) is 4.47. The van der Waals surface area contributed by atoms with Crippen molar-refractivity contribution in [3.05, 3.63) is 69.3 Å². The summed E-state index contributed by atoms with van der Waals surface area (Å²) < 4.78 is 11.8. The molecule has 1 heterocycles. The number of carbonyl (C=O) groups is 2. The summed E-state index contributed by atoms with van der Waals surface area (Å²) in [6.07, 6.45) is 1.26. The van der Waals surface area contributed by atoms with Crippen molar-refractivity contribution in [1.29, 1.82) is 0 Å². The summed E-state index contributed by atoms with van der Waals surface area (Å²) in [5.74, 6) is 1.19. The molecule has 6 heteroatoms. The number of carbonyl (C=O) groups excluding carboxylic acids is 2. The molecule has 2 aromatic carbocycles. The second-order valence-corrected chi connectivity index (χ2v) is 8.30. The Kier molecular flexibility index (Phi) is 5.46. The van der Waals surface area contributed by atoms with Crippen LogP contribution in [0.4, 0.5) is 0 Å². The normalized spacial score (nSPS) is 21.5. The van der Waals surface area contributed by atoms with Crippen molar-refractivity contribution >= 4 is 27.6 Å². The van der Waals surface area contributed by atoms with E-state index in [4.69, 9.17) is 9.47 Å². The van der Waals surface area contributed by atoms with Gasteiger partial charge in [0.1, 0.15) is 11.5 Å². The Bertz CT molecular complexity index is 996. The van der Waals surface area contributed by atoms with Gasteiger partial charge in [-0.1, -0.05) is 28.1 Å². The van der Waals surface area contributed by atoms with E-state index in [9.17, 15) is 9.59 Å². The first-order valence-electron chi connectivity index (χ1n) is 9.53. The van der Waals surface area contributed by atoms with Gasteiger partial charge in [-0.05, 0) is 42.3 Å². The van der Waals surface area contributed by atoms with E-state index in [0.717, 1.165) is 32.6 Å². The quantitative estimate of drug-likeness (QED) is 0.738. The number of nitrogens with one attached hydrogen (secondary N) is 1. The van der Waals surface area contributed by atoms with E-state index in [1.807, 2.05) is 42.5 Å². The lowest BCUT2D eigenvalue weighted by Crippen LogP contribution is -2.38. The summed E-state index contributed by atoms with van der Waals surface area (Å²) in [6.45, 7) is 0. The number of rotatable bonds is 4. The topological polar surface area (TPSA) is 64.6 Å². The van der Waals surface area contributed by atoms with Crippen molar-refractivity contribution in [3.8, 4) is 11.5 Å². The lowest BCUT2D eigenvalue weighted by Gasteiger charge is -2.35. The van der Waals surface area contributed by atoms with Gasteiger partial charge in [0.15, 0.2) is 5.78 Å². The molecule has 0 fully saturated rings. The van der Waals surface area contributed by atoms with Crippen LogP contribution < -0.4 is 14.8 Å². The first kappa shape index (κ1) is 19.7. The molecule has 1 aliphatic carbocycles. The van der Waals surface area contributed by atoms with Crippen LogP contribution in [-0.4, -0.2) is 25.9 Å². The highest BCUT2D eigenvalue weighted by atomic mass is 79.9. The summed E-state index contributed by atoms with van der Waals surface area (Å²) in [4.78, 5) is 25.7. The maximum absolute atomic E-state index is 13.2. The molecule has 2 aromatic rings. The summed E-state index contributed by atoms with van der Waals surface area (Å²) >= 11 is 3.44. The number of halogens is 1. The SMILES string of the molecule is COc1ccc(OC)c([C@@H]2CC(=O)C3=C(C2)NC(=O)C[C@H]3c2ccc(Br)cc2)c1. The second-order valence-electron chi connectivity index (χ2n) is 7.38. The number of amides is 1. The summed E-state index contributed by atoms with van der Waals surface area (Å²) in [7, 11) is 3.23. The minimum absolute atomic E-state index is 0.0530. The average molecular weight is 456 g/mol. The first-order valence-corrected chi connectivity index (χ1v) is 10.3. The molecular formula is C23H22BrNO4.